The number of benzene rings is 1. The zero-order valence-corrected chi connectivity index (χ0v) is 9.73. The highest BCUT2D eigenvalue weighted by Crippen LogP contribution is 2.25. The Bertz CT molecular complexity index is 299. The fourth-order valence-corrected chi connectivity index (χ4v) is 1.80. The number of nitrogens with two attached hydrogens (primary N) is 1. The highest BCUT2D eigenvalue weighted by molar-refractivity contribution is 7.98. The molecule has 3 heteroatoms. The van der Waals surface area contributed by atoms with Crippen LogP contribution in [-0.2, 0) is 6.42 Å². The predicted octanol–water partition coefficient (Wildman–Crippen LogP) is 2.31. The summed E-state index contributed by atoms with van der Waals surface area (Å²) < 4.78 is 5.32. The van der Waals surface area contributed by atoms with Gasteiger partial charge < -0.3 is 10.5 Å². The third-order valence-electron chi connectivity index (χ3n) is 2.04. The van der Waals surface area contributed by atoms with E-state index in [2.05, 4.69) is 24.5 Å². The average Bonchev–Trinajstić information content (AvgIpc) is 2.17. The Morgan fingerprint density at radius 3 is 2.71 bits per heavy atom. The predicted molar refractivity (Wildman–Crippen MR) is 62.1 cm³/mol. The molecular formula is C11H17NOS. The number of methoxy groups -OCH3 is 1. The van der Waals surface area contributed by atoms with Crippen molar-refractivity contribution in [1.29, 1.82) is 0 Å². The minimum absolute atomic E-state index is 0.170. The van der Waals surface area contributed by atoms with Crippen molar-refractivity contribution in [2.75, 3.05) is 13.4 Å². The SMILES string of the molecule is COc1cc(SC)ccc1CC(C)N. The third kappa shape index (κ3) is 2.93. The van der Waals surface area contributed by atoms with Gasteiger partial charge in [-0.15, -0.1) is 11.8 Å². The van der Waals surface area contributed by atoms with Crippen LogP contribution in [0.1, 0.15) is 12.5 Å². The molecule has 0 aliphatic carbocycles. The van der Waals surface area contributed by atoms with Gasteiger partial charge in [0.25, 0.3) is 0 Å². The highest BCUT2D eigenvalue weighted by atomic mass is 32.2. The van der Waals surface area contributed by atoms with Crippen LogP contribution in [0.15, 0.2) is 23.1 Å². The lowest BCUT2D eigenvalue weighted by Gasteiger charge is -2.11. The van der Waals surface area contributed by atoms with Crippen LogP contribution in [0.5, 0.6) is 5.75 Å². The van der Waals surface area contributed by atoms with Crippen LogP contribution < -0.4 is 10.5 Å². The van der Waals surface area contributed by atoms with Gasteiger partial charge in [-0.05, 0) is 37.3 Å². The van der Waals surface area contributed by atoms with E-state index in [-0.39, 0.29) is 6.04 Å². The molecular weight excluding hydrogens is 194 g/mol. The second-order valence-corrected chi connectivity index (χ2v) is 4.24. The Morgan fingerprint density at radius 2 is 2.21 bits per heavy atom. The maximum absolute atomic E-state index is 5.76. The number of thioether (sulfide) groups is 1. The first-order valence-electron chi connectivity index (χ1n) is 4.64. The van der Waals surface area contributed by atoms with Crippen molar-refractivity contribution in [1.82, 2.24) is 0 Å². The van der Waals surface area contributed by atoms with Gasteiger partial charge in [0.2, 0.25) is 0 Å². The van der Waals surface area contributed by atoms with Gasteiger partial charge in [0.1, 0.15) is 5.75 Å². The molecule has 1 aromatic rings. The summed E-state index contributed by atoms with van der Waals surface area (Å²) in [6.07, 6.45) is 2.91. The summed E-state index contributed by atoms with van der Waals surface area (Å²) in [5, 5.41) is 0. The van der Waals surface area contributed by atoms with Gasteiger partial charge in [-0.1, -0.05) is 6.07 Å². The topological polar surface area (TPSA) is 35.2 Å². The van der Waals surface area contributed by atoms with E-state index < -0.39 is 0 Å². The van der Waals surface area contributed by atoms with E-state index in [4.69, 9.17) is 10.5 Å². The molecule has 78 valence electrons. The van der Waals surface area contributed by atoms with Gasteiger partial charge in [0.05, 0.1) is 7.11 Å². The summed E-state index contributed by atoms with van der Waals surface area (Å²) in [5.74, 6) is 0.939. The van der Waals surface area contributed by atoms with E-state index in [1.807, 2.05) is 6.92 Å². The molecule has 0 heterocycles. The molecule has 0 radical (unpaired) electrons. The van der Waals surface area contributed by atoms with Gasteiger partial charge in [-0.3, -0.25) is 0 Å². The van der Waals surface area contributed by atoms with Crippen LogP contribution in [0.4, 0.5) is 0 Å². The molecule has 0 fully saturated rings. The largest absolute Gasteiger partial charge is 0.496 e. The Morgan fingerprint density at radius 1 is 1.50 bits per heavy atom. The van der Waals surface area contributed by atoms with E-state index >= 15 is 0 Å². The number of rotatable bonds is 4. The van der Waals surface area contributed by atoms with Crippen LogP contribution in [-0.4, -0.2) is 19.4 Å². The van der Waals surface area contributed by atoms with Gasteiger partial charge in [0, 0.05) is 10.9 Å². The van der Waals surface area contributed by atoms with Crippen LogP contribution in [0.25, 0.3) is 0 Å². The minimum Gasteiger partial charge on any atom is -0.496 e. The Balaban J connectivity index is 2.93. The van der Waals surface area contributed by atoms with Crippen LogP contribution in [0.3, 0.4) is 0 Å². The lowest BCUT2D eigenvalue weighted by Crippen LogP contribution is -2.18. The first kappa shape index (κ1) is 11.4. The number of hydrogen-bond acceptors (Lipinski definition) is 3. The van der Waals surface area contributed by atoms with E-state index in [0.29, 0.717) is 0 Å². The van der Waals surface area contributed by atoms with Crippen LogP contribution in [0, 0.1) is 0 Å². The van der Waals surface area contributed by atoms with Crippen molar-refractivity contribution in [2.24, 2.45) is 5.73 Å². The Kier molecular flexibility index (Phi) is 4.29. The summed E-state index contributed by atoms with van der Waals surface area (Å²) in [7, 11) is 1.70. The molecule has 1 unspecified atom stereocenters. The summed E-state index contributed by atoms with van der Waals surface area (Å²) >= 11 is 1.71. The normalized spacial score (nSPS) is 12.6. The molecule has 0 spiro atoms. The van der Waals surface area contributed by atoms with Crippen LogP contribution >= 0.6 is 11.8 Å². The standard InChI is InChI=1S/C11H17NOS/c1-8(12)6-9-4-5-10(14-3)7-11(9)13-2/h4-5,7-8H,6,12H2,1-3H3. The summed E-state index contributed by atoms with van der Waals surface area (Å²) in [6.45, 7) is 2.00. The molecule has 1 rings (SSSR count). The van der Waals surface area contributed by atoms with Crippen molar-refractivity contribution >= 4 is 11.8 Å². The fourth-order valence-electron chi connectivity index (χ4n) is 1.37. The summed E-state index contributed by atoms with van der Waals surface area (Å²) in [5.41, 5.74) is 6.94. The minimum atomic E-state index is 0.170. The second kappa shape index (κ2) is 5.27. The van der Waals surface area contributed by atoms with E-state index in [0.717, 1.165) is 12.2 Å². The molecule has 0 saturated heterocycles. The van der Waals surface area contributed by atoms with Crippen molar-refractivity contribution in [3.63, 3.8) is 0 Å². The summed E-state index contributed by atoms with van der Waals surface area (Å²) in [6, 6.07) is 6.42. The van der Waals surface area contributed by atoms with Gasteiger partial charge in [0.15, 0.2) is 0 Å². The second-order valence-electron chi connectivity index (χ2n) is 3.36. The molecule has 2 N–H and O–H groups in total. The van der Waals surface area contributed by atoms with Crippen molar-refractivity contribution in [3.05, 3.63) is 23.8 Å². The number of hydrogen-bond donors (Lipinski definition) is 1. The first-order chi connectivity index (χ1) is 6.67. The lowest BCUT2D eigenvalue weighted by atomic mass is 10.1. The third-order valence-corrected chi connectivity index (χ3v) is 2.76. The molecule has 1 aromatic carbocycles. The molecule has 0 saturated carbocycles. The Hall–Kier alpha value is -0.670. The molecule has 1 atom stereocenters. The van der Waals surface area contributed by atoms with E-state index in [9.17, 15) is 0 Å². The summed E-state index contributed by atoms with van der Waals surface area (Å²) in [4.78, 5) is 1.22. The molecule has 0 aliphatic heterocycles. The average molecular weight is 211 g/mol. The lowest BCUT2D eigenvalue weighted by molar-refractivity contribution is 0.407. The van der Waals surface area contributed by atoms with Crippen molar-refractivity contribution in [3.8, 4) is 5.75 Å². The monoisotopic (exact) mass is 211 g/mol. The molecule has 14 heavy (non-hydrogen) atoms. The van der Waals surface area contributed by atoms with Gasteiger partial charge in [-0.2, -0.15) is 0 Å². The van der Waals surface area contributed by atoms with Crippen molar-refractivity contribution in [2.45, 2.75) is 24.3 Å². The molecule has 0 aromatic heterocycles. The molecule has 0 bridgehead atoms. The van der Waals surface area contributed by atoms with E-state index in [1.165, 1.54) is 10.5 Å². The van der Waals surface area contributed by atoms with Gasteiger partial charge in [-0.25, -0.2) is 0 Å². The quantitative estimate of drug-likeness (QED) is 0.776. The molecule has 2 nitrogen and oxygen atoms in total. The fraction of sp³-hybridized carbons (Fsp3) is 0.455. The zero-order chi connectivity index (χ0) is 10.6. The zero-order valence-electron chi connectivity index (χ0n) is 8.91. The Labute approximate surface area is 89.8 Å². The van der Waals surface area contributed by atoms with Gasteiger partial charge >= 0.3 is 0 Å². The van der Waals surface area contributed by atoms with Crippen molar-refractivity contribution < 1.29 is 4.74 Å². The maximum atomic E-state index is 5.76. The van der Waals surface area contributed by atoms with Crippen LogP contribution in [0.2, 0.25) is 0 Å². The highest BCUT2D eigenvalue weighted by Gasteiger charge is 2.05. The maximum Gasteiger partial charge on any atom is 0.123 e. The first-order valence-corrected chi connectivity index (χ1v) is 5.86. The molecule has 0 aliphatic rings. The van der Waals surface area contributed by atoms with E-state index in [1.54, 1.807) is 18.9 Å². The number of ether oxygens (including phenoxy) is 1. The molecule has 0 amide bonds. The smallest absolute Gasteiger partial charge is 0.123 e.